The highest BCUT2D eigenvalue weighted by atomic mass is 19.3. The van der Waals surface area contributed by atoms with E-state index in [0.29, 0.717) is 32.0 Å². The van der Waals surface area contributed by atoms with Crippen molar-refractivity contribution in [2.24, 2.45) is 11.8 Å². The monoisotopic (exact) mass is 441 g/mol. The number of likely N-dealkylation sites (tertiary alicyclic amines) is 1. The predicted octanol–water partition coefficient (Wildman–Crippen LogP) is 7.25. The second-order valence-corrected chi connectivity index (χ2v) is 9.79. The largest absolute Gasteiger partial charge is 0.302 e. The van der Waals surface area contributed by atoms with Crippen molar-refractivity contribution in [3.05, 3.63) is 76.4 Å². The molecule has 4 rings (SSSR count). The molecule has 172 valence electrons. The van der Waals surface area contributed by atoms with Gasteiger partial charge in [0, 0.05) is 25.2 Å². The van der Waals surface area contributed by atoms with Gasteiger partial charge in [0.1, 0.15) is 0 Å². The van der Waals surface area contributed by atoms with Gasteiger partial charge in [-0.2, -0.15) is 0 Å². The van der Waals surface area contributed by atoms with Gasteiger partial charge in [-0.3, -0.25) is 4.39 Å². The van der Waals surface area contributed by atoms with E-state index in [1.54, 1.807) is 12.1 Å². The fourth-order valence-corrected chi connectivity index (χ4v) is 5.21. The standard InChI is InChI=1S/C28H34F3N/c1-20(2)17-23-9-5-8-21-7-3-4-10-26(21)27(23)22-11-13-24(14-12-22)28(30,31)25-18-32(19-25)16-6-15-29/h3-4,7,10-14,20,25H,5-6,8-9,15-19H2,1-2H3. The summed E-state index contributed by atoms with van der Waals surface area (Å²) in [4.78, 5) is 1.91. The third-order valence-electron chi connectivity index (χ3n) is 6.86. The summed E-state index contributed by atoms with van der Waals surface area (Å²) in [5, 5.41) is 0. The average molecular weight is 442 g/mol. The van der Waals surface area contributed by atoms with Crippen LogP contribution in [0.25, 0.3) is 5.57 Å². The molecular formula is C28H34F3N. The Bertz CT molecular complexity index is 939. The topological polar surface area (TPSA) is 3.24 Å². The summed E-state index contributed by atoms with van der Waals surface area (Å²) >= 11 is 0. The van der Waals surface area contributed by atoms with Gasteiger partial charge in [0.05, 0.1) is 12.6 Å². The van der Waals surface area contributed by atoms with Gasteiger partial charge < -0.3 is 4.90 Å². The first-order valence-electron chi connectivity index (χ1n) is 12.0. The van der Waals surface area contributed by atoms with Crippen molar-refractivity contribution in [3.63, 3.8) is 0 Å². The number of rotatable bonds is 8. The van der Waals surface area contributed by atoms with Crippen molar-refractivity contribution in [3.8, 4) is 0 Å². The molecule has 0 radical (unpaired) electrons. The highest BCUT2D eigenvalue weighted by Gasteiger charge is 2.47. The number of halogens is 3. The summed E-state index contributed by atoms with van der Waals surface area (Å²) in [6.07, 6.45) is 4.68. The number of hydrogen-bond donors (Lipinski definition) is 0. The van der Waals surface area contributed by atoms with Crippen LogP contribution in [-0.4, -0.2) is 31.2 Å². The Morgan fingerprint density at radius 3 is 2.41 bits per heavy atom. The number of aryl methyl sites for hydroxylation is 1. The molecule has 0 bridgehead atoms. The lowest BCUT2D eigenvalue weighted by Crippen LogP contribution is -2.53. The molecule has 0 unspecified atom stereocenters. The highest BCUT2D eigenvalue weighted by Crippen LogP contribution is 2.42. The molecular weight excluding hydrogens is 407 g/mol. The quantitative estimate of drug-likeness (QED) is 0.417. The predicted molar refractivity (Wildman–Crippen MR) is 126 cm³/mol. The molecule has 1 aliphatic carbocycles. The zero-order chi connectivity index (χ0) is 22.7. The summed E-state index contributed by atoms with van der Waals surface area (Å²) in [5.41, 5.74) is 6.40. The Labute approximate surface area is 190 Å². The minimum Gasteiger partial charge on any atom is -0.302 e. The van der Waals surface area contributed by atoms with Crippen LogP contribution in [0.5, 0.6) is 0 Å². The Balaban J connectivity index is 1.61. The summed E-state index contributed by atoms with van der Waals surface area (Å²) in [5.74, 6) is -3.00. The fourth-order valence-electron chi connectivity index (χ4n) is 5.21. The number of benzene rings is 2. The summed E-state index contributed by atoms with van der Waals surface area (Å²) in [6, 6.07) is 15.6. The highest BCUT2D eigenvalue weighted by molar-refractivity contribution is 5.84. The van der Waals surface area contributed by atoms with Crippen LogP contribution in [0.3, 0.4) is 0 Å². The normalized spacial score (nSPS) is 17.9. The Hall–Kier alpha value is -2.07. The second kappa shape index (κ2) is 9.82. The molecule has 0 amide bonds. The Morgan fingerprint density at radius 2 is 1.72 bits per heavy atom. The molecule has 1 heterocycles. The van der Waals surface area contributed by atoms with Crippen LogP contribution >= 0.6 is 0 Å². The molecule has 0 atom stereocenters. The first-order chi connectivity index (χ1) is 15.4. The number of fused-ring (bicyclic) bond motifs is 1. The van der Waals surface area contributed by atoms with Gasteiger partial charge in [0.25, 0.3) is 5.92 Å². The molecule has 0 saturated carbocycles. The fraction of sp³-hybridized carbons (Fsp3) is 0.500. The first-order valence-corrected chi connectivity index (χ1v) is 12.0. The molecule has 2 aliphatic rings. The van der Waals surface area contributed by atoms with Crippen molar-refractivity contribution in [1.82, 2.24) is 4.90 Å². The zero-order valence-electron chi connectivity index (χ0n) is 19.2. The number of alkyl halides is 3. The third kappa shape index (κ3) is 4.80. The van der Waals surface area contributed by atoms with Crippen LogP contribution in [-0.2, 0) is 12.3 Å². The molecule has 0 spiro atoms. The van der Waals surface area contributed by atoms with E-state index in [1.165, 1.54) is 22.3 Å². The summed E-state index contributed by atoms with van der Waals surface area (Å²) < 4.78 is 42.6. The van der Waals surface area contributed by atoms with Crippen LogP contribution in [0.15, 0.2) is 54.1 Å². The molecule has 1 saturated heterocycles. The van der Waals surface area contributed by atoms with Crippen molar-refractivity contribution in [1.29, 1.82) is 0 Å². The lowest BCUT2D eigenvalue weighted by atomic mass is 9.85. The second-order valence-electron chi connectivity index (χ2n) is 9.79. The lowest BCUT2D eigenvalue weighted by molar-refractivity contribution is -0.124. The van der Waals surface area contributed by atoms with Crippen molar-refractivity contribution < 1.29 is 13.2 Å². The molecule has 1 aliphatic heterocycles. The van der Waals surface area contributed by atoms with Crippen LogP contribution in [0.4, 0.5) is 13.2 Å². The van der Waals surface area contributed by atoms with E-state index in [-0.39, 0.29) is 5.56 Å². The Morgan fingerprint density at radius 1 is 1.00 bits per heavy atom. The molecule has 4 heteroatoms. The lowest BCUT2D eigenvalue weighted by Gasteiger charge is -2.43. The summed E-state index contributed by atoms with van der Waals surface area (Å²) in [6.45, 7) is 5.32. The molecule has 32 heavy (non-hydrogen) atoms. The molecule has 2 aromatic carbocycles. The molecule has 1 fully saturated rings. The van der Waals surface area contributed by atoms with Gasteiger partial charge in [-0.05, 0) is 60.3 Å². The van der Waals surface area contributed by atoms with E-state index < -0.39 is 18.5 Å². The minimum atomic E-state index is -2.86. The zero-order valence-corrected chi connectivity index (χ0v) is 19.2. The molecule has 2 aromatic rings. The van der Waals surface area contributed by atoms with Crippen molar-refractivity contribution in [2.75, 3.05) is 26.3 Å². The van der Waals surface area contributed by atoms with Gasteiger partial charge in [0.15, 0.2) is 0 Å². The average Bonchev–Trinajstić information content (AvgIpc) is 2.91. The maximum Gasteiger partial charge on any atom is 0.278 e. The van der Waals surface area contributed by atoms with Crippen LogP contribution in [0.1, 0.15) is 61.8 Å². The molecule has 0 aromatic heterocycles. The van der Waals surface area contributed by atoms with E-state index in [1.807, 2.05) is 17.0 Å². The van der Waals surface area contributed by atoms with Gasteiger partial charge >= 0.3 is 0 Å². The molecule has 1 nitrogen and oxygen atoms in total. The van der Waals surface area contributed by atoms with Gasteiger partial charge in [-0.15, -0.1) is 0 Å². The number of nitrogens with zero attached hydrogens (tertiary/aromatic N) is 1. The van der Waals surface area contributed by atoms with E-state index >= 15 is 8.78 Å². The van der Waals surface area contributed by atoms with E-state index in [0.717, 1.165) is 31.2 Å². The van der Waals surface area contributed by atoms with E-state index in [9.17, 15) is 4.39 Å². The van der Waals surface area contributed by atoms with Crippen LogP contribution < -0.4 is 0 Å². The van der Waals surface area contributed by atoms with Crippen molar-refractivity contribution >= 4 is 5.57 Å². The van der Waals surface area contributed by atoms with Gasteiger partial charge in [0.2, 0.25) is 0 Å². The van der Waals surface area contributed by atoms with Gasteiger partial charge in [-0.1, -0.05) is 68.0 Å². The number of allylic oxidation sites excluding steroid dienone is 1. The van der Waals surface area contributed by atoms with Crippen LogP contribution in [0.2, 0.25) is 0 Å². The molecule has 0 N–H and O–H groups in total. The van der Waals surface area contributed by atoms with Gasteiger partial charge in [-0.25, -0.2) is 8.78 Å². The first kappa shape index (κ1) is 23.1. The summed E-state index contributed by atoms with van der Waals surface area (Å²) in [7, 11) is 0. The maximum atomic E-state index is 15.1. The minimum absolute atomic E-state index is 0.0873. The third-order valence-corrected chi connectivity index (χ3v) is 6.86. The number of hydrogen-bond acceptors (Lipinski definition) is 1. The van der Waals surface area contributed by atoms with E-state index in [2.05, 4.69) is 38.1 Å². The maximum absolute atomic E-state index is 15.1. The smallest absolute Gasteiger partial charge is 0.278 e. The Kier molecular flexibility index (Phi) is 7.09. The van der Waals surface area contributed by atoms with Crippen LogP contribution in [0, 0.1) is 11.8 Å². The van der Waals surface area contributed by atoms with E-state index in [4.69, 9.17) is 0 Å². The SMILES string of the molecule is CC(C)CC1=C(c2ccc(C(F)(F)C3CN(CCCF)C3)cc2)c2ccccc2CCC1. The van der Waals surface area contributed by atoms with Crippen molar-refractivity contribution in [2.45, 2.75) is 51.9 Å².